The van der Waals surface area contributed by atoms with Gasteiger partial charge in [-0.1, -0.05) is 39.0 Å². The number of cyclic esters (lactones) is 1. The summed E-state index contributed by atoms with van der Waals surface area (Å²) in [6, 6.07) is 3.55. The summed E-state index contributed by atoms with van der Waals surface area (Å²) in [6.07, 6.45) is 4.45. The van der Waals surface area contributed by atoms with Gasteiger partial charge in [0, 0.05) is 37.8 Å². The third-order valence-electron chi connectivity index (χ3n) is 6.56. The van der Waals surface area contributed by atoms with E-state index in [0.29, 0.717) is 31.0 Å². The lowest BCUT2D eigenvalue weighted by Gasteiger charge is -2.27. The molecule has 0 bridgehead atoms. The van der Waals surface area contributed by atoms with Gasteiger partial charge in [0.1, 0.15) is 13.2 Å². The fourth-order valence-electron chi connectivity index (χ4n) is 4.18. The molecular formula is C29H44N2O6. The Labute approximate surface area is 221 Å². The number of ether oxygens (including phenoxy) is 2. The van der Waals surface area contributed by atoms with Crippen molar-refractivity contribution in [3.8, 4) is 0 Å². The molecule has 206 valence electrons. The molecule has 0 fully saturated rings. The topological polar surface area (TPSA) is 99.5 Å². The van der Waals surface area contributed by atoms with Gasteiger partial charge in [-0.05, 0) is 62.5 Å². The number of carbonyl (C=O) groups is 2. The molecule has 2 rings (SSSR count). The van der Waals surface area contributed by atoms with E-state index in [-0.39, 0.29) is 25.2 Å². The van der Waals surface area contributed by atoms with E-state index in [9.17, 15) is 19.8 Å². The molecule has 0 aromatic heterocycles. The monoisotopic (exact) mass is 516 g/mol. The number of aliphatic hydroxyl groups is 2. The Morgan fingerprint density at radius 1 is 1.22 bits per heavy atom. The van der Waals surface area contributed by atoms with Crippen LogP contribution in [0.5, 0.6) is 0 Å². The summed E-state index contributed by atoms with van der Waals surface area (Å²) in [5, 5.41) is 21.3. The van der Waals surface area contributed by atoms with Gasteiger partial charge in [-0.15, -0.1) is 0 Å². The van der Waals surface area contributed by atoms with Crippen molar-refractivity contribution in [3.63, 3.8) is 0 Å². The predicted molar refractivity (Wildman–Crippen MR) is 144 cm³/mol. The average molecular weight is 517 g/mol. The van der Waals surface area contributed by atoms with Gasteiger partial charge in [-0.25, -0.2) is 9.59 Å². The van der Waals surface area contributed by atoms with E-state index in [0.717, 1.165) is 41.9 Å². The number of likely N-dealkylation sites (N-methyl/N-ethyl adjacent to an activating group) is 2. The minimum atomic E-state index is -0.672. The Kier molecular flexibility index (Phi) is 12.5. The maximum Gasteiger partial charge on any atom is 0.338 e. The molecule has 2 atom stereocenters. The summed E-state index contributed by atoms with van der Waals surface area (Å²) in [5.41, 5.74) is 4.08. The second kappa shape index (κ2) is 15.0. The van der Waals surface area contributed by atoms with Crippen LogP contribution in [0.3, 0.4) is 0 Å². The van der Waals surface area contributed by atoms with Crippen molar-refractivity contribution in [2.24, 2.45) is 5.92 Å². The first-order chi connectivity index (χ1) is 17.5. The van der Waals surface area contributed by atoms with Gasteiger partial charge in [-0.2, -0.15) is 0 Å². The number of fused-ring (bicyclic) bond motifs is 1. The number of hydrogen-bond donors (Lipinski definition) is 2. The molecule has 0 radical (unpaired) electrons. The molecule has 8 heteroatoms. The Balaban J connectivity index is 1.76. The second-order valence-electron chi connectivity index (χ2n) is 10.2. The standard InChI is InChI=1S/C29H44N2O6/c1-7-31(16-23(32)10-9-21(4)18-36-28(34)13-8-20(2)3)15-14-30(6)17-27(33)24-11-12-25-26(22(24)5)19-37-29(25)35/h8-9,11-13,20,23,27,32-33H,7,10,14-19H2,1-6H3/b13-8+,21-9+. The molecule has 1 heterocycles. The van der Waals surface area contributed by atoms with Crippen molar-refractivity contribution >= 4 is 11.9 Å². The molecule has 0 amide bonds. The average Bonchev–Trinajstić information content (AvgIpc) is 3.24. The zero-order valence-electron chi connectivity index (χ0n) is 23.2. The van der Waals surface area contributed by atoms with E-state index >= 15 is 0 Å². The summed E-state index contributed by atoms with van der Waals surface area (Å²) in [7, 11) is 1.96. The number of esters is 2. The quantitative estimate of drug-likeness (QED) is 0.208. The maximum absolute atomic E-state index is 11.8. The van der Waals surface area contributed by atoms with E-state index < -0.39 is 12.2 Å². The minimum Gasteiger partial charge on any atom is -0.458 e. The molecule has 37 heavy (non-hydrogen) atoms. The fourth-order valence-corrected chi connectivity index (χ4v) is 4.18. The highest BCUT2D eigenvalue weighted by Crippen LogP contribution is 2.29. The van der Waals surface area contributed by atoms with Crippen LogP contribution in [0.1, 0.15) is 67.3 Å². The van der Waals surface area contributed by atoms with Gasteiger partial charge in [0.05, 0.1) is 17.8 Å². The Morgan fingerprint density at radius 2 is 1.95 bits per heavy atom. The second-order valence-corrected chi connectivity index (χ2v) is 10.2. The molecular weight excluding hydrogens is 472 g/mol. The normalized spacial score (nSPS) is 15.5. The zero-order chi connectivity index (χ0) is 27.5. The van der Waals surface area contributed by atoms with Crippen LogP contribution in [-0.2, 0) is 20.9 Å². The smallest absolute Gasteiger partial charge is 0.338 e. The van der Waals surface area contributed by atoms with Crippen LogP contribution < -0.4 is 0 Å². The van der Waals surface area contributed by atoms with Crippen molar-refractivity contribution in [3.05, 3.63) is 58.2 Å². The number of nitrogens with zero attached hydrogens (tertiary/aromatic N) is 2. The zero-order valence-corrected chi connectivity index (χ0v) is 23.2. The van der Waals surface area contributed by atoms with E-state index in [1.165, 1.54) is 6.08 Å². The summed E-state index contributed by atoms with van der Waals surface area (Å²) < 4.78 is 10.3. The first kappa shape index (κ1) is 30.7. The number of hydrogen-bond acceptors (Lipinski definition) is 8. The molecule has 2 unspecified atom stereocenters. The highest BCUT2D eigenvalue weighted by molar-refractivity contribution is 5.94. The summed E-state index contributed by atoms with van der Waals surface area (Å²) in [4.78, 5) is 27.7. The molecule has 1 aromatic rings. The van der Waals surface area contributed by atoms with Crippen molar-refractivity contribution in [1.82, 2.24) is 9.80 Å². The lowest BCUT2D eigenvalue weighted by Crippen LogP contribution is -2.38. The Hall–Kier alpha value is -2.52. The largest absolute Gasteiger partial charge is 0.458 e. The third kappa shape index (κ3) is 10.0. The number of benzene rings is 1. The summed E-state index contributed by atoms with van der Waals surface area (Å²) >= 11 is 0. The number of aliphatic hydroxyl groups excluding tert-OH is 2. The number of rotatable bonds is 15. The van der Waals surface area contributed by atoms with Gasteiger partial charge in [0.15, 0.2) is 0 Å². The van der Waals surface area contributed by atoms with E-state index in [1.54, 1.807) is 12.1 Å². The van der Waals surface area contributed by atoms with Crippen LogP contribution in [0.15, 0.2) is 35.9 Å². The lowest BCUT2D eigenvalue weighted by molar-refractivity contribution is -0.136. The van der Waals surface area contributed by atoms with Crippen LogP contribution in [0.25, 0.3) is 0 Å². The van der Waals surface area contributed by atoms with Crippen LogP contribution in [0.4, 0.5) is 0 Å². The van der Waals surface area contributed by atoms with Crippen LogP contribution in [0, 0.1) is 12.8 Å². The van der Waals surface area contributed by atoms with Gasteiger partial charge in [0.25, 0.3) is 0 Å². The number of allylic oxidation sites excluding steroid dienone is 1. The summed E-state index contributed by atoms with van der Waals surface area (Å²) in [5.74, 6) is -0.367. The van der Waals surface area contributed by atoms with Gasteiger partial charge in [0.2, 0.25) is 0 Å². The lowest BCUT2D eigenvalue weighted by atomic mass is 9.95. The highest BCUT2D eigenvalue weighted by atomic mass is 16.5. The van der Waals surface area contributed by atoms with Crippen LogP contribution in [-0.4, -0.2) is 84.4 Å². The van der Waals surface area contributed by atoms with Crippen molar-refractivity contribution in [1.29, 1.82) is 0 Å². The molecule has 1 aliphatic rings. The predicted octanol–water partition coefficient (Wildman–Crippen LogP) is 3.41. The van der Waals surface area contributed by atoms with Crippen molar-refractivity contribution in [2.75, 3.05) is 46.4 Å². The highest BCUT2D eigenvalue weighted by Gasteiger charge is 2.26. The first-order valence-corrected chi connectivity index (χ1v) is 13.1. The van der Waals surface area contributed by atoms with E-state index in [4.69, 9.17) is 9.47 Å². The summed E-state index contributed by atoms with van der Waals surface area (Å²) in [6.45, 7) is 13.6. The Bertz CT molecular complexity index is 971. The van der Waals surface area contributed by atoms with Gasteiger partial charge >= 0.3 is 11.9 Å². The maximum atomic E-state index is 11.8. The Morgan fingerprint density at radius 3 is 2.62 bits per heavy atom. The van der Waals surface area contributed by atoms with Crippen LogP contribution >= 0.6 is 0 Å². The minimum absolute atomic E-state index is 0.214. The van der Waals surface area contributed by atoms with Crippen molar-refractivity contribution < 1.29 is 29.3 Å². The van der Waals surface area contributed by atoms with Crippen molar-refractivity contribution in [2.45, 2.75) is 59.9 Å². The SMILES string of the molecule is CCN(CCN(C)CC(O)c1ccc2c(c1C)COC2=O)CC(O)C/C=C(\C)COC(=O)/C=C/C(C)C. The van der Waals surface area contributed by atoms with E-state index in [1.807, 2.05) is 46.9 Å². The molecule has 2 N–H and O–H groups in total. The number of carbonyl (C=O) groups excluding carboxylic acids is 2. The van der Waals surface area contributed by atoms with Gasteiger partial charge in [-0.3, -0.25) is 4.90 Å². The molecule has 1 aliphatic heterocycles. The van der Waals surface area contributed by atoms with Gasteiger partial charge < -0.3 is 24.6 Å². The fraction of sp³-hybridized carbons (Fsp3) is 0.586. The third-order valence-corrected chi connectivity index (χ3v) is 6.56. The molecule has 1 aromatic carbocycles. The molecule has 0 saturated heterocycles. The molecule has 0 aliphatic carbocycles. The molecule has 8 nitrogen and oxygen atoms in total. The first-order valence-electron chi connectivity index (χ1n) is 13.1. The molecule has 0 saturated carbocycles. The van der Waals surface area contributed by atoms with E-state index in [2.05, 4.69) is 16.7 Å². The molecule has 0 spiro atoms. The van der Waals surface area contributed by atoms with Crippen LogP contribution in [0.2, 0.25) is 0 Å².